The van der Waals surface area contributed by atoms with E-state index in [1.807, 2.05) is 51.1 Å². The molecule has 0 heterocycles. The molecule has 0 N–H and O–H groups in total. The Bertz CT molecular complexity index is 419. The summed E-state index contributed by atoms with van der Waals surface area (Å²) in [6.45, 7) is 5.91. The van der Waals surface area contributed by atoms with Crippen molar-refractivity contribution in [1.29, 1.82) is 5.26 Å². The smallest absolute Gasteiger partial charge is 0.243 e. The molecule has 0 atom stereocenters. The molecule has 0 aliphatic carbocycles. The van der Waals surface area contributed by atoms with Gasteiger partial charge < -0.3 is 9.47 Å². The first kappa shape index (κ1) is 13.0. The molecule has 1 aromatic carbocycles. The molecule has 0 amide bonds. The summed E-state index contributed by atoms with van der Waals surface area (Å²) in [5.74, 6) is 0.995. The van der Waals surface area contributed by atoms with Gasteiger partial charge in [0.25, 0.3) is 0 Å². The standard InChI is InChI=1S/C13H16N2O2/c1-4-16-12(15-10-14)13(2,3)17-11-8-6-5-7-9-11/h5-9H,4H2,1-3H3/b15-12+. The summed E-state index contributed by atoms with van der Waals surface area (Å²) in [5, 5.41) is 8.62. The van der Waals surface area contributed by atoms with Crippen molar-refractivity contribution in [2.24, 2.45) is 4.99 Å². The van der Waals surface area contributed by atoms with E-state index in [0.29, 0.717) is 12.4 Å². The van der Waals surface area contributed by atoms with Crippen molar-refractivity contribution in [2.45, 2.75) is 26.4 Å². The van der Waals surface area contributed by atoms with Gasteiger partial charge >= 0.3 is 0 Å². The highest BCUT2D eigenvalue weighted by molar-refractivity contribution is 5.85. The molecule has 0 aliphatic rings. The molecule has 0 aliphatic heterocycles. The minimum absolute atomic E-state index is 0.284. The Kier molecular flexibility index (Phi) is 4.53. The predicted octanol–water partition coefficient (Wildman–Crippen LogP) is 2.76. The van der Waals surface area contributed by atoms with Gasteiger partial charge in [0, 0.05) is 0 Å². The maximum Gasteiger partial charge on any atom is 0.243 e. The van der Waals surface area contributed by atoms with Gasteiger partial charge in [-0.15, -0.1) is 4.99 Å². The van der Waals surface area contributed by atoms with Crippen LogP contribution in [0.15, 0.2) is 35.3 Å². The lowest BCUT2D eigenvalue weighted by Crippen LogP contribution is -2.39. The second kappa shape index (κ2) is 5.90. The maximum absolute atomic E-state index is 8.62. The summed E-state index contributed by atoms with van der Waals surface area (Å²) < 4.78 is 11.1. The zero-order valence-electron chi connectivity index (χ0n) is 10.3. The Hall–Kier alpha value is -2.02. The van der Waals surface area contributed by atoms with Crippen LogP contribution in [0.4, 0.5) is 0 Å². The summed E-state index contributed by atoms with van der Waals surface area (Å²) in [5.41, 5.74) is -0.771. The van der Waals surface area contributed by atoms with Gasteiger partial charge in [0.15, 0.2) is 5.60 Å². The molecular formula is C13H16N2O2. The van der Waals surface area contributed by atoms with Gasteiger partial charge in [0.2, 0.25) is 12.1 Å². The van der Waals surface area contributed by atoms with E-state index in [0.717, 1.165) is 0 Å². The van der Waals surface area contributed by atoms with Crippen molar-refractivity contribution in [2.75, 3.05) is 6.61 Å². The first-order valence-corrected chi connectivity index (χ1v) is 5.44. The molecule has 17 heavy (non-hydrogen) atoms. The van der Waals surface area contributed by atoms with E-state index in [-0.39, 0.29) is 5.90 Å². The van der Waals surface area contributed by atoms with Crippen LogP contribution >= 0.6 is 0 Å². The fourth-order valence-corrected chi connectivity index (χ4v) is 1.35. The number of rotatable bonds is 4. The third-order valence-corrected chi connectivity index (χ3v) is 2.06. The van der Waals surface area contributed by atoms with Crippen LogP contribution in [-0.4, -0.2) is 18.1 Å². The van der Waals surface area contributed by atoms with Crippen molar-refractivity contribution >= 4 is 5.90 Å². The zero-order valence-corrected chi connectivity index (χ0v) is 10.3. The molecule has 0 spiro atoms. The van der Waals surface area contributed by atoms with Gasteiger partial charge in [0.1, 0.15) is 5.75 Å². The van der Waals surface area contributed by atoms with Crippen molar-refractivity contribution in [1.82, 2.24) is 0 Å². The van der Waals surface area contributed by atoms with E-state index >= 15 is 0 Å². The number of aliphatic imine (C=N–C) groups is 1. The van der Waals surface area contributed by atoms with E-state index in [4.69, 9.17) is 14.7 Å². The first-order chi connectivity index (χ1) is 8.10. The molecule has 4 nitrogen and oxygen atoms in total. The lowest BCUT2D eigenvalue weighted by Gasteiger charge is -2.26. The van der Waals surface area contributed by atoms with Gasteiger partial charge in [-0.1, -0.05) is 18.2 Å². The van der Waals surface area contributed by atoms with Crippen LogP contribution in [-0.2, 0) is 4.74 Å². The molecule has 0 bridgehead atoms. The molecule has 1 rings (SSSR count). The Morgan fingerprint density at radius 3 is 2.53 bits per heavy atom. The highest BCUT2D eigenvalue weighted by atomic mass is 16.5. The predicted molar refractivity (Wildman–Crippen MR) is 65.8 cm³/mol. The molecular weight excluding hydrogens is 216 g/mol. The molecule has 0 radical (unpaired) electrons. The van der Waals surface area contributed by atoms with Crippen molar-refractivity contribution in [3.63, 3.8) is 0 Å². The fraction of sp³-hybridized carbons (Fsp3) is 0.385. The highest BCUT2D eigenvalue weighted by Crippen LogP contribution is 2.19. The average molecular weight is 232 g/mol. The molecule has 0 saturated heterocycles. The van der Waals surface area contributed by atoms with Crippen LogP contribution in [0.5, 0.6) is 5.75 Å². The van der Waals surface area contributed by atoms with Crippen LogP contribution < -0.4 is 4.74 Å². The molecule has 1 aromatic rings. The second-order valence-corrected chi connectivity index (χ2v) is 3.88. The number of hydrogen-bond donors (Lipinski definition) is 0. The van der Waals surface area contributed by atoms with E-state index in [2.05, 4.69) is 4.99 Å². The summed E-state index contributed by atoms with van der Waals surface area (Å²) >= 11 is 0. The van der Waals surface area contributed by atoms with Crippen LogP contribution in [0, 0.1) is 11.5 Å². The van der Waals surface area contributed by atoms with Crippen molar-refractivity contribution in [3.05, 3.63) is 30.3 Å². The van der Waals surface area contributed by atoms with Crippen LogP contribution in [0.2, 0.25) is 0 Å². The minimum atomic E-state index is -0.771. The summed E-state index contributed by atoms with van der Waals surface area (Å²) in [7, 11) is 0. The Labute approximate surface area is 102 Å². The molecule has 0 aromatic heterocycles. The van der Waals surface area contributed by atoms with Crippen LogP contribution in [0.1, 0.15) is 20.8 Å². The van der Waals surface area contributed by atoms with Gasteiger partial charge in [-0.05, 0) is 32.9 Å². The molecule has 0 saturated carbocycles. The Morgan fingerprint density at radius 1 is 1.35 bits per heavy atom. The number of benzene rings is 1. The number of ether oxygens (including phenoxy) is 2. The number of para-hydroxylation sites is 1. The quantitative estimate of drug-likeness (QED) is 0.455. The molecule has 0 fully saturated rings. The number of hydrogen-bond acceptors (Lipinski definition) is 4. The maximum atomic E-state index is 8.62. The van der Waals surface area contributed by atoms with E-state index in [9.17, 15) is 0 Å². The summed E-state index contributed by atoms with van der Waals surface area (Å²) in [6, 6.07) is 9.36. The molecule has 90 valence electrons. The van der Waals surface area contributed by atoms with E-state index in [1.54, 1.807) is 6.19 Å². The van der Waals surface area contributed by atoms with Gasteiger partial charge in [-0.2, -0.15) is 5.26 Å². The third-order valence-electron chi connectivity index (χ3n) is 2.06. The van der Waals surface area contributed by atoms with Crippen molar-refractivity contribution in [3.8, 4) is 11.9 Å². The highest BCUT2D eigenvalue weighted by Gasteiger charge is 2.29. The summed E-state index contributed by atoms with van der Waals surface area (Å²) in [4.78, 5) is 3.66. The fourth-order valence-electron chi connectivity index (χ4n) is 1.35. The monoisotopic (exact) mass is 232 g/mol. The third kappa shape index (κ3) is 3.80. The SMILES string of the molecule is CCO/C(=N/C#N)C(C)(C)Oc1ccccc1. The minimum Gasteiger partial charge on any atom is -0.478 e. The second-order valence-electron chi connectivity index (χ2n) is 3.88. The first-order valence-electron chi connectivity index (χ1n) is 5.44. The number of nitriles is 1. The molecule has 0 unspecified atom stereocenters. The molecule has 4 heteroatoms. The van der Waals surface area contributed by atoms with E-state index in [1.165, 1.54) is 0 Å². The number of nitrogens with zero attached hydrogens (tertiary/aromatic N) is 2. The van der Waals surface area contributed by atoms with Crippen molar-refractivity contribution < 1.29 is 9.47 Å². The normalized spacial score (nSPS) is 11.8. The van der Waals surface area contributed by atoms with Gasteiger partial charge in [-0.3, -0.25) is 0 Å². The van der Waals surface area contributed by atoms with Gasteiger partial charge in [-0.25, -0.2) is 0 Å². The average Bonchev–Trinajstić information content (AvgIpc) is 2.29. The topological polar surface area (TPSA) is 54.6 Å². The lowest BCUT2D eigenvalue weighted by atomic mass is 10.1. The Morgan fingerprint density at radius 2 is 2.00 bits per heavy atom. The lowest BCUT2D eigenvalue weighted by molar-refractivity contribution is 0.140. The van der Waals surface area contributed by atoms with Crippen LogP contribution in [0.25, 0.3) is 0 Å². The van der Waals surface area contributed by atoms with Crippen LogP contribution in [0.3, 0.4) is 0 Å². The Balaban J connectivity index is 2.86. The summed E-state index contributed by atoms with van der Waals surface area (Å²) in [6.07, 6.45) is 1.73. The van der Waals surface area contributed by atoms with E-state index < -0.39 is 5.60 Å². The van der Waals surface area contributed by atoms with Gasteiger partial charge in [0.05, 0.1) is 6.61 Å². The largest absolute Gasteiger partial charge is 0.478 e. The zero-order chi connectivity index (χ0) is 12.7.